The molecule has 0 aromatic carbocycles. The van der Waals surface area contributed by atoms with Crippen LogP contribution < -0.4 is 9.64 Å². The van der Waals surface area contributed by atoms with Crippen molar-refractivity contribution in [3.05, 3.63) is 41.6 Å². The van der Waals surface area contributed by atoms with Gasteiger partial charge in [-0.15, -0.1) is 0 Å². The lowest BCUT2D eigenvalue weighted by atomic mass is 9.87. The fraction of sp³-hybridized carbons (Fsp3) is 0.542. The Kier molecular flexibility index (Phi) is 5.97. The maximum atomic E-state index is 12.0. The second kappa shape index (κ2) is 8.81. The highest BCUT2D eigenvalue weighted by atomic mass is 32.2. The number of aromatic nitrogens is 4. The van der Waals surface area contributed by atoms with Crippen molar-refractivity contribution >= 4 is 26.7 Å². The van der Waals surface area contributed by atoms with Gasteiger partial charge in [0.05, 0.1) is 29.4 Å². The van der Waals surface area contributed by atoms with Crippen molar-refractivity contribution in [3.63, 3.8) is 0 Å². The molecule has 0 spiro atoms. The van der Waals surface area contributed by atoms with E-state index in [9.17, 15) is 8.42 Å². The summed E-state index contributed by atoms with van der Waals surface area (Å²) in [4.78, 5) is 19.6. The minimum absolute atomic E-state index is 0.0325. The van der Waals surface area contributed by atoms with Crippen molar-refractivity contribution < 1.29 is 13.2 Å². The Morgan fingerprint density at radius 3 is 2.68 bits per heavy atom. The van der Waals surface area contributed by atoms with Crippen LogP contribution >= 0.6 is 0 Å². The van der Waals surface area contributed by atoms with E-state index in [0.717, 1.165) is 47.4 Å². The highest BCUT2D eigenvalue weighted by Gasteiger charge is 2.33. The van der Waals surface area contributed by atoms with Crippen LogP contribution in [0.15, 0.2) is 24.7 Å². The zero-order valence-corrected chi connectivity index (χ0v) is 21.0. The van der Waals surface area contributed by atoms with E-state index in [0.29, 0.717) is 25.5 Å². The van der Waals surface area contributed by atoms with E-state index in [2.05, 4.69) is 32.8 Å². The summed E-state index contributed by atoms with van der Waals surface area (Å²) in [5, 5.41) is 1.06. The first-order chi connectivity index (χ1) is 16.2. The normalized spacial score (nSPS) is 20.1. The summed E-state index contributed by atoms with van der Waals surface area (Å²) in [5.41, 5.74) is 5.22. The number of H-pyrrole nitrogens is 1. The van der Waals surface area contributed by atoms with E-state index in [-0.39, 0.29) is 18.1 Å². The number of ether oxygens (including phenoxy) is 1. The van der Waals surface area contributed by atoms with Crippen LogP contribution in [0.5, 0.6) is 5.88 Å². The molecule has 182 valence electrons. The van der Waals surface area contributed by atoms with Crippen LogP contribution in [0.3, 0.4) is 0 Å². The van der Waals surface area contributed by atoms with Gasteiger partial charge in [0.1, 0.15) is 12.0 Å². The molecule has 0 saturated carbocycles. The molecule has 0 amide bonds. The van der Waals surface area contributed by atoms with Crippen LogP contribution in [0.4, 0.5) is 5.69 Å². The van der Waals surface area contributed by atoms with Gasteiger partial charge >= 0.3 is 0 Å². The predicted molar refractivity (Wildman–Crippen MR) is 132 cm³/mol. The first-order valence-corrected chi connectivity index (χ1v) is 13.7. The molecule has 10 heteroatoms. The Balaban J connectivity index is 1.48. The Morgan fingerprint density at radius 2 is 1.97 bits per heavy atom. The van der Waals surface area contributed by atoms with Crippen LogP contribution in [0, 0.1) is 0 Å². The van der Waals surface area contributed by atoms with Crippen LogP contribution in [-0.2, 0) is 23.0 Å². The number of fused-ring (bicyclic) bond motifs is 2. The Morgan fingerprint density at radius 1 is 1.21 bits per heavy atom. The molecule has 1 N–H and O–H groups in total. The molecule has 5 rings (SSSR count). The smallest absolute Gasteiger partial charge is 0.217 e. The third-order valence-corrected chi connectivity index (χ3v) is 8.18. The molecule has 1 fully saturated rings. The van der Waals surface area contributed by atoms with E-state index in [1.807, 2.05) is 26.1 Å². The standard InChI is InChI=1S/C24H32N6O3S/c1-15(2)33-22-12-21(18-5-8-25-24(18)28-22)30-13-19-20(11-16(30)3)26-14-27-23(19)17-6-9-29(10-7-17)34(4,31)32/h5,8,12,14-17H,6-7,9-11,13H2,1-4H3,(H,25,28)/t16-/m1/s1. The molecule has 3 aromatic rings. The lowest BCUT2D eigenvalue weighted by Crippen LogP contribution is -2.41. The van der Waals surface area contributed by atoms with Crippen LogP contribution in [-0.4, -0.2) is 64.2 Å². The molecular weight excluding hydrogens is 452 g/mol. The van der Waals surface area contributed by atoms with Gasteiger partial charge in [-0.3, -0.25) is 0 Å². The zero-order valence-electron chi connectivity index (χ0n) is 20.2. The number of nitrogens with one attached hydrogen (secondary N) is 1. The van der Waals surface area contributed by atoms with E-state index in [1.165, 1.54) is 11.8 Å². The molecule has 0 radical (unpaired) electrons. The predicted octanol–water partition coefficient (Wildman–Crippen LogP) is 3.23. The lowest BCUT2D eigenvalue weighted by Gasteiger charge is -2.38. The lowest BCUT2D eigenvalue weighted by molar-refractivity contribution is 0.233. The van der Waals surface area contributed by atoms with Crippen LogP contribution in [0.25, 0.3) is 11.0 Å². The number of anilines is 1. The van der Waals surface area contributed by atoms with Gasteiger partial charge in [0, 0.05) is 61.2 Å². The van der Waals surface area contributed by atoms with Crippen molar-refractivity contribution in [3.8, 4) is 5.88 Å². The summed E-state index contributed by atoms with van der Waals surface area (Å²) in [6.07, 6.45) is 7.27. The summed E-state index contributed by atoms with van der Waals surface area (Å²) in [6.45, 7) is 7.98. The van der Waals surface area contributed by atoms with Crippen molar-refractivity contribution in [2.24, 2.45) is 0 Å². The number of pyridine rings is 1. The molecule has 0 bridgehead atoms. The van der Waals surface area contributed by atoms with Gasteiger partial charge in [0.25, 0.3) is 0 Å². The Bertz CT molecular complexity index is 1300. The van der Waals surface area contributed by atoms with Gasteiger partial charge in [-0.25, -0.2) is 22.7 Å². The number of hydrogen-bond acceptors (Lipinski definition) is 7. The number of hydrogen-bond donors (Lipinski definition) is 1. The molecule has 1 atom stereocenters. The van der Waals surface area contributed by atoms with Crippen LogP contribution in [0.2, 0.25) is 0 Å². The van der Waals surface area contributed by atoms with Gasteiger partial charge in [-0.1, -0.05) is 0 Å². The number of aromatic amines is 1. The molecule has 2 aliphatic heterocycles. The summed E-state index contributed by atoms with van der Waals surface area (Å²) in [7, 11) is -3.16. The van der Waals surface area contributed by atoms with Gasteiger partial charge in [0.2, 0.25) is 15.9 Å². The molecule has 3 aromatic heterocycles. The van der Waals surface area contributed by atoms with Crippen molar-refractivity contribution in [2.75, 3.05) is 24.2 Å². The quantitative estimate of drug-likeness (QED) is 0.593. The summed E-state index contributed by atoms with van der Waals surface area (Å²) in [6, 6.07) is 4.34. The Hall–Kier alpha value is -2.72. The van der Waals surface area contributed by atoms with Gasteiger partial charge in [-0.05, 0) is 39.7 Å². The molecule has 0 aliphatic carbocycles. The third-order valence-electron chi connectivity index (χ3n) is 6.88. The summed E-state index contributed by atoms with van der Waals surface area (Å²) < 4.78 is 31.4. The van der Waals surface area contributed by atoms with Crippen molar-refractivity contribution in [1.29, 1.82) is 0 Å². The van der Waals surface area contributed by atoms with E-state index < -0.39 is 10.0 Å². The average molecular weight is 485 g/mol. The monoisotopic (exact) mass is 484 g/mol. The number of sulfonamides is 1. The van der Waals surface area contributed by atoms with Gasteiger partial charge in [-0.2, -0.15) is 4.98 Å². The molecule has 34 heavy (non-hydrogen) atoms. The van der Waals surface area contributed by atoms with Gasteiger partial charge < -0.3 is 14.6 Å². The molecule has 5 heterocycles. The highest BCUT2D eigenvalue weighted by Crippen LogP contribution is 2.38. The highest BCUT2D eigenvalue weighted by molar-refractivity contribution is 7.88. The van der Waals surface area contributed by atoms with Crippen LogP contribution in [0.1, 0.15) is 56.5 Å². The number of nitrogens with zero attached hydrogens (tertiary/aromatic N) is 5. The second-order valence-electron chi connectivity index (χ2n) is 9.69. The molecular formula is C24H32N6O3S. The molecule has 9 nitrogen and oxygen atoms in total. The SMILES string of the molecule is CC(C)Oc1cc(N2Cc3c(ncnc3C3CCN(S(C)(=O)=O)CC3)C[C@H]2C)c2cc[nH]c2n1. The van der Waals surface area contributed by atoms with Crippen molar-refractivity contribution in [1.82, 2.24) is 24.2 Å². The maximum absolute atomic E-state index is 12.0. The number of rotatable bonds is 5. The maximum Gasteiger partial charge on any atom is 0.217 e. The second-order valence-corrected chi connectivity index (χ2v) is 11.7. The zero-order chi connectivity index (χ0) is 24.0. The minimum Gasteiger partial charge on any atom is -0.475 e. The number of piperidine rings is 1. The molecule has 2 aliphatic rings. The largest absolute Gasteiger partial charge is 0.475 e. The third kappa shape index (κ3) is 4.36. The topological polar surface area (TPSA) is 104 Å². The minimum atomic E-state index is -3.16. The first-order valence-electron chi connectivity index (χ1n) is 11.9. The Labute approximate surface area is 200 Å². The summed E-state index contributed by atoms with van der Waals surface area (Å²) in [5.74, 6) is 0.838. The molecule has 0 unspecified atom stereocenters. The summed E-state index contributed by atoms with van der Waals surface area (Å²) >= 11 is 0. The first kappa shape index (κ1) is 23.0. The van der Waals surface area contributed by atoms with Gasteiger partial charge in [0.15, 0.2) is 0 Å². The van der Waals surface area contributed by atoms with E-state index >= 15 is 0 Å². The van der Waals surface area contributed by atoms with E-state index in [4.69, 9.17) is 9.72 Å². The average Bonchev–Trinajstić information content (AvgIpc) is 3.25. The molecule has 1 saturated heterocycles. The fourth-order valence-corrected chi connectivity index (χ4v) is 6.07. The van der Waals surface area contributed by atoms with Crippen molar-refractivity contribution in [2.45, 2.75) is 64.6 Å². The van der Waals surface area contributed by atoms with E-state index in [1.54, 1.807) is 10.6 Å². The fourth-order valence-electron chi connectivity index (χ4n) is 5.20.